The van der Waals surface area contributed by atoms with E-state index in [-0.39, 0.29) is 24.0 Å². The first-order valence-electron chi connectivity index (χ1n) is 4.99. The van der Waals surface area contributed by atoms with Crippen LogP contribution in [0.3, 0.4) is 0 Å². The normalized spacial score (nSPS) is 10.3. The number of nitrogens with two attached hydrogens (primary N) is 1. The summed E-state index contributed by atoms with van der Waals surface area (Å²) in [5, 5.41) is 4.56. The van der Waals surface area contributed by atoms with E-state index in [1.165, 1.54) is 23.5 Å². The molecule has 2 aromatic rings. The summed E-state index contributed by atoms with van der Waals surface area (Å²) in [5.41, 5.74) is 6.37. The Labute approximate surface area is 115 Å². The molecule has 0 radical (unpaired) electrons. The van der Waals surface area contributed by atoms with Gasteiger partial charge < -0.3 is 11.1 Å². The molecular weight excluding hydrogens is 321 g/mol. The Hall–Kier alpha value is -1.47. The maximum Gasteiger partial charge on any atom is 0.271 e. The van der Waals surface area contributed by atoms with Crippen molar-refractivity contribution in [1.29, 1.82) is 0 Å². The molecular formula is C11H9BrFN3OS. The van der Waals surface area contributed by atoms with Crippen molar-refractivity contribution in [3.8, 4) is 0 Å². The van der Waals surface area contributed by atoms with Crippen LogP contribution in [0.4, 0.5) is 9.52 Å². The van der Waals surface area contributed by atoms with E-state index in [0.717, 1.165) is 4.47 Å². The number of hydrogen-bond acceptors (Lipinski definition) is 4. The number of benzene rings is 1. The summed E-state index contributed by atoms with van der Waals surface area (Å²) in [6.07, 6.45) is 0. The van der Waals surface area contributed by atoms with Crippen LogP contribution in [0.1, 0.15) is 16.1 Å². The van der Waals surface area contributed by atoms with E-state index in [0.29, 0.717) is 10.7 Å². The maximum absolute atomic E-state index is 13.0. The van der Waals surface area contributed by atoms with Gasteiger partial charge in [0.1, 0.15) is 11.5 Å². The number of carbonyl (C=O) groups is 1. The molecule has 1 amide bonds. The monoisotopic (exact) mass is 329 g/mol. The van der Waals surface area contributed by atoms with Crippen LogP contribution in [0.5, 0.6) is 0 Å². The van der Waals surface area contributed by atoms with E-state index in [4.69, 9.17) is 5.73 Å². The van der Waals surface area contributed by atoms with Crippen molar-refractivity contribution in [2.45, 2.75) is 6.54 Å². The van der Waals surface area contributed by atoms with Crippen LogP contribution in [-0.2, 0) is 6.54 Å². The molecule has 18 heavy (non-hydrogen) atoms. The maximum atomic E-state index is 13.0. The second-order valence-corrected chi connectivity index (χ2v) is 5.23. The number of nitrogens with one attached hydrogen (secondary N) is 1. The minimum atomic E-state index is -0.347. The Kier molecular flexibility index (Phi) is 3.93. The van der Waals surface area contributed by atoms with Crippen molar-refractivity contribution in [3.63, 3.8) is 0 Å². The lowest BCUT2D eigenvalue weighted by molar-refractivity contribution is 0.0946. The van der Waals surface area contributed by atoms with Gasteiger partial charge in [-0.05, 0) is 23.8 Å². The zero-order valence-electron chi connectivity index (χ0n) is 9.11. The SMILES string of the molecule is Nc1nc(C(=O)NCc2cc(F)ccc2Br)cs1. The zero-order valence-corrected chi connectivity index (χ0v) is 11.5. The fourth-order valence-corrected chi connectivity index (χ4v) is 2.27. The van der Waals surface area contributed by atoms with Crippen LogP contribution in [-0.4, -0.2) is 10.9 Å². The van der Waals surface area contributed by atoms with E-state index in [9.17, 15) is 9.18 Å². The van der Waals surface area contributed by atoms with E-state index < -0.39 is 0 Å². The first-order chi connectivity index (χ1) is 8.56. The van der Waals surface area contributed by atoms with Crippen molar-refractivity contribution in [1.82, 2.24) is 10.3 Å². The van der Waals surface area contributed by atoms with E-state index in [2.05, 4.69) is 26.2 Å². The van der Waals surface area contributed by atoms with Gasteiger partial charge >= 0.3 is 0 Å². The van der Waals surface area contributed by atoms with Gasteiger partial charge in [-0.15, -0.1) is 11.3 Å². The summed E-state index contributed by atoms with van der Waals surface area (Å²) in [6.45, 7) is 0.217. The Balaban J connectivity index is 2.03. The Morgan fingerprint density at radius 2 is 2.33 bits per heavy atom. The molecule has 7 heteroatoms. The average molecular weight is 330 g/mol. The number of nitrogens with zero attached hydrogens (tertiary/aromatic N) is 1. The molecule has 1 aromatic carbocycles. The molecule has 2 rings (SSSR count). The molecule has 0 saturated carbocycles. The Morgan fingerprint density at radius 1 is 1.56 bits per heavy atom. The van der Waals surface area contributed by atoms with Gasteiger partial charge in [0.25, 0.3) is 5.91 Å². The van der Waals surface area contributed by atoms with E-state index in [1.807, 2.05) is 0 Å². The van der Waals surface area contributed by atoms with Crippen LogP contribution in [0.15, 0.2) is 28.1 Å². The largest absolute Gasteiger partial charge is 0.375 e. The van der Waals surface area contributed by atoms with Crippen LogP contribution in [0.25, 0.3) is 0 Å². The van der Waals surface area contributed by atoms with Crippen LogP contribution < -0.4 is 11.1 Å². The van der Waals surface area contributed by atoms with Gasteiger partial charge in [0.05, 0.1) is 0 Å². The topological polar surface area (TPSA) is 68.0 Å². The molecule has 0 unspecified atom stereocenters. The predicted octanol–water partition coefficient (Wildman–Crippen LogP) is 2.56. The highest BCUT2D eigenvalue weighted by Gasteiger charge is 2.10. The molecule has 0 bridgehead atoms. The molecule has 1 aromatic heterocycles. The van der Waals surface area contributed by atoms with Gasteiger partial charge in [-0.2, -0.15) is 0 Å². The highest BCUT2D eigenvalue weighted by molar-refractivity contribution is 9.10. The fourth-order valence-electron chi connectivity index (χ4n) is 1.34. The number of aromatic nitrogens is 1. The van der Waals surface area contributed by atoms with Gasteiger partial charge in [0.15, 0.2) is 5.13 Å². The minimum absolute atomic E-state index is 0.217. The van der Waals surface area contributed by atoms with Crippen molar-refractivity contribution in [2.75, 3.05) is 5.73 Å². The Bertz CT molecular complexity index is 587. The van der Waals surface area contributed by atoms with E-state index >= 15 is 0 Å². The zero-order chi connectivity index (χ0) is 13.1. The molecule has 0 fully saturated rings. The summed E-state index contributed by atoms with van der Waals surface area (Å²) in [7, 11) is 0. The molecule has 0 aliphatic heterocycles. The van der Waals surface area contributed by atoms with Crippen molar-refractivity contribution in [3.05, 3.63) is 45.1 Å². The van der Waals surface area contributed by atoms with Crippen molar-refractivity contribution >= 4 is 38.3 Å². The number of carbonyl (C=O) groups excluding carboxylic acids is 1. The van der Waals surface area contributed by atoms with E-state index in [1.54, 1.807) is 11.4 Å². The number of hydrogen-bond donors (Lipinski definition) is 2. The smallest absolute Gasteiger partial charge is 0.271 e. The molecule has 0 aliphatic rings. The Morgan fingerprint density at radius 3 is 3.00 bits per heavy atom. The standard InChI is InChI=1S/C11H9BrFN3OS/c12-8-2-1-7(13)3-6(8)4-15-10(17)9-5-18-11(14)16-9/h1-3,5H,4H2,(H2,14,16)(H,15,17). The third-order valence-corrected chi connectivity index (χ3v) is 3.65. The molecule has 0 spiro atoms. The van der Waals surface area contributed by atoms with Crippen molar-refractivity contribution in [2.24, 2.45) is 0 Å². The quantitative estimate of drug-likeness (QED) is 0.909. The number of rotatable bonds is 3. The number of nitrogen functional groups attached to an aromatic ring is 1. The molecule has 0 aliphatic carbocycles. The molecule has 0 atom stereocenters. The summed E-state index contributed by atoms with van der Waals surface area (Å²) >= 11 is 4.49. The number of amides is 1. The summed E-state index contributed by atoms with van der Waals surface area (Å²) in [4.78, 5) is 15.6. The number of halogens is 2. The second kappa shape index (κ2) is 5.45. The lowest BCUT2D eigenvalue weighted by Gasteiger charge is -2.06. The van der Waals surface area contributed by atoms with Crippen LogP contribution in [0.2, 0.25) is 0 Å². The highest BCUT2D eigenvalue weighted by atomic mass is 79.9. The van der Waals surface area contributed by atoms with Gasteiger partial charge in [0.2, 0.25) is 0 Å². The first kappa shape index (κ1) is 13.0. The van der Waals surface area contributed by atoms with Gasteiger partial charge in [-0.1, -0.05) is 15.9 Å². The summed E-state index contributed by atoms with van der Waals surface area (Å²) in [6, 6.07) is 4.30. The lowest BCUT2D eigenvalue weighted by Crippen LogP contribution is -2.23. The molecule has 3 N–H and O–H groups in total. The molecule has 4 nitrogen and oxygen atoms in total. The molecule has 0 saturated heterocycles. The van der Waals surface area contributed by atoms with Crippen LogP contribution in [0, 0.1) is 5.82 Å². The summed E-state index contributed by atoms with van der Waals surface area (Å²) in [5.74, 6) is -0.681. The average Bonchev–Trinajstić information content (AvgIpc) is 2.77. The minimum Gasteiger partial charge on any atom is -0.375 e. The number of anilines is 1. The summed E-state index contributed by atoms with van der Waals surface area (Å²) < 4.78 is 13.8. The third kappa shape index (κ3) is 3.05. The predicted molar refractivity (Wildman–Crippen MR) is 71.8 cm³/mol. The molecule has 1 heterocycles. The lowest BCUT2D eigenvalue weighted by atomic mass is 10.2. The van der Waals surface area contributed by atoms with Crippen molar-refractivity contribution < 1.29 is 9.18 Å². The first-order valence-corrected chi connectivity index (χ1v) is 6.66. The number of thiazole rings is 1. The third-order valence-electron chi connectivity index (χ3n) is 2.20. The van der Waals surface area contributed by atoms with Crippen LogP contribution >= 0.6 is 27.3 Å². The van der Waals surface area contributed by atoms with Gasteiger partial charge in [-0.25, -0.2) is 9.37 Å². The fraction of sp³-hybridized carbons (Fsp3) is 0.0909. The molecule has 94 valence electrons. The van der Waals surface area contributed by atoms with Gasteiger partial charge in [-0.3, -0.25) is 4.79 Å². The second-order valence-electron chi connectivity index (χ2n) is 3.49. The van der Waals surface area contributed by atoms with Gasteiger partial charge in [0, 0.05) is 16.4 Å². The highest BCUT2D eigenvalue weighted by Crippen LogP contribution is 2.18.